The number of pyridine rings is 1. The van der Waals surface area contributed by atoms with Crippen LogP contribution in [-0.2, 0) is 10.2 Å². The molecular weight excluding hydrogens is 433 g/mol. The average Bonchev–Trinajstić information content (AvgIpc) is 2.77. The summed E-state index contributed by atoms with van der Waals surface area (Å²) in [6.07, 6.45) is 4.74. The van der Waals surface area contributed by atoms with E-state index in [1.54, 1.807) is 49.3 Å². The van der Waals surface area contributed by atoms with E-state index in [9.17, 15) is 14.0 Å². The lowest BCUT2D eigenvalue weighted by atomic mass is 9.83. The number of carbonyl (C=O) groups is 2. The van der Waals surface area contributed by atoms with Gasteiger partial charge in [-0.1, -0.05) is 17.7 Å². The van der Waals surface area contributed by atoms with E-state index in [4.69, 9.17) is 17.3 Å². The van der Waals surface area contributed by atoms with Crippen LogP contribution < -0.4 is 16.4 Å². The Kier molecular flexibility index (Phi) is 7.69. The summed E-state index contributed by atoms with van der Waals surface area (Å²) < 4.78 is 14.3. The fraction of sp³-hybridized carbons (Fsp3) is 0.435. The first-order chi connectivity index (χ1) is 15.2. The van der Waals surface area contributed by atoms with Gasteiger partial charge in [-0.05, 0) is 56.9 Å². The molecule has 1 fully saturated rings. The Morgan fingerprint density at radius 2 is 1.91 bits per heavy atom. The predicted octanol–water partition coefficient (Wildman–Crippen LogP) is 3.54. The molecule has 3 amide bonds. The molecule has 7 nitrogen and oxygen atoms in total. The van der Waals surface area contributed by atoms with Gasteiger partial charge in [0.1, 0.15) is 5.82 Å². The second-order valence-electron chi connectivity index (χ2n) is 8.61. The second kappa shape index (κ2) is 10.3. The summed E-state index contributed by atoms with van der Waals surface area (Å²) in [5.41, 5.74) is 6.25. The molecule has 1 aliphatic heterocycles. The van der Waals surface area contributed by atoms with Gasteiger partial charge in [0.15, 0.2) is 0 Å². The number of halogens is 2. The summed E-state index contributed by atoms with van der Waals surface area (Å²) in [5, 5.41) is 6.00. The predicted molar refractivity (Wildman–Crippen MR) is 123 cm³/mol. The van der Waals surface area contributed by atoms with Crippen molar-refractivity contribution in [2.45, 2.75) is 38.1 Å². The standard InChI is InChI=1S/C23H29ClFN5O2/c1-23(2,18-4-3-16(24)13-19(18)25)21(31)28-14-20(26)15-7-11-30(12-8-15)22(32)29-17-5-9-27-10-6-17/h3-6,9-10,13,15,20H,7-8,11-12,14,26H2,1-2H3,(H,28,31)(H,27,29,32). The number of piperidine rings is 1. The molecule has 3 rings (SSSR count). The van der Waals surface area contributed by atoms with Crippen LogP contribution in [-0.4, -0.2) is 47.5 Å². The van der Waals surface area contributed by atoms with Gasteiger partial charge in [0.2, 0.25) is 5.91 Å². The number of likely N-dealkylation sites (tertiary alicyclic amines) is 1. The highest BCUT2D eigenvalue weighted by atomic mass is 35.5. The highest BCUT2D eigenvalue weighted by Gasteiger charge is 2.33. The van der Waals surface area contributed by atoms with Gasteiger partial charge in [-0.3, -0.25) is 9.78 Å². The zero-order chi connectivity index (χ0) is 23.3. The minimum absolute atomic E-state index is 0.150. The van der Waals surface area contributed by atoms with Gasteiger partial charge in [-0.25, -0.2) is 9.18 Å². The van der Waals surface area contributed by atoms with Crippen molar-refractivity contribution in [3.05, 3.63) is 59.1 Å². The van der Waals surface area contributed by atoms with Crippen molar-refractivity contribution >= 4 is 29.2 Å². The third kappa shape index (κ3) is 5.75. The molecule has 0 bridgehead atoms. The normalized spacial score (nSPS) is 15.8. The minimum atomic E-state index is -1.07. The summed E-state index contributed by atoms with van der Waals surface area (Å²) in [5.74, 6) is -0.640. The van der Waals surface area contributed by atoms with Gasteiger partial charge in [0.25, 0.3) is 0 Å². The molecule has 1 aliphatic rings. The molecule has 1 aromatic carbocycles. The minimum Gasteiger partial charge on any atom is -0.354 e. The number of hydrogen-bond acceptors (Lipinski definition) is 4. The summed E-state index contributed by atoms with van der Waals surface area (Å²) in [7, 11) is 0. The van der Waals surface area contributed by atoms with Crippen molar-refractivity contribution in [2.75, 3.05) is 25.0 Å². The fourth-order valence-corrected chi connectivity index (χ4v) is 4.04. The molecule has 9 heteroatoms. The molecule has 32 heavy (non-hydrogen) atoms. The summed E-state index contributed by atoms with van der Waals surface area (Å²) >= 11 is 5.82. The number of urea groups is 1. The molecule has 1 aromatic heterocycles. The molecule has 1 unspecified atom stereocenters. The number of benzene rings is 1. The monoisotopic (exact) mass is 461 g/mol. The molecular formula is C23H29ClFN5O2. The molecule has 2 aromatic rings. The number of nitrogens with two attached hydrogens (primary N) is 1. The molecule has 0 saturated carbocycles. The molecule has 1 atom stereocenters. The zero-order valence-corrected chi connectivity index (χ0v) is 19.0. The lowest BCUT2D eigenvalue weighted by Gasteiger charge is -2.35. The Hall–Kier alpha value is -2.71. The number of amides is 3. The van der Waals surface area contributed by atoms with E-state index in [1.807, 2.05) is 0 Å². The van der Waals surface area contributed by atoms with E-state index < -0.39 is 11.2 Å². The van der Waals surface area contributed by atoms with Gasteiger partial charge in [-0.15, -0.1) is 0 Å². The van der Waals surface area contributed by atoms with Gasteiger partial charge in [-0.2, -0.15) is 0 Å². The van der Waals surface area contributed by atoms with Gasteiger partial charge in [0, 0.05) is 54.3 Å². The Morgan fingerprint density at radius 1 is 1.25 bits per heavy atom. The van der Waals surface area contributed by atoms with E-state index in [1.165, 1.54) is 12.1 Å². The van der Waals surface area contributed by atoms with Crippen molar-refractivity contribution < 1.29 is 14.0 Å². The number of aromatic nitrogens is 1. The Balaban J connectivity index is 1.48. The molecule has 172 valence electrons. The van der Waals surface area contributed by atoms with Gasteiger partial charge in [0.05, 0.1) is 5.41 Å². The van der Waals surface area contributed by atoms with Crippen LogP contribution in [0.1, 0.15) is 32.3 Å². The number of rotatable bonds is 6. The van der Waals surface area contributed by atoms with E-state index in [0.717, 1.165) is 12.8 Å². The summed E-state index contributed by atoms with van der Waals surface area (Å²) in [6.45, 7) is 4.79. The van der Waals surface area contributed by atoms with Crippen LogP contribution in [0.3, 0.4) is 0 Å². The SMILES string of the molecule is CC(C)(C(=O)NCC(N)C1CCN(C(=O)Nc2ccncc2)CC1)c1ccc(Cl)cc1F. The third-order valence-electron chi connectivity index (χ3n) is 6.03. The molecule has 0 radical (unpaired) electrons. The van der Waals surface area contributed by atoms with Crippen LogP contribution in [0.4, 0.5) is 14.9 Å². The van der Waals surface area contributed by atoms with Crippen LogP contribution in [0.25, 0.3) is 0 Å². The van der Waals surface area contributed by atoms with Crippen LogP contribution in [0, 0.1) is 11.7 Å². The highest BCUT2D eigenvalue weighted by Crippen LogP contribution is 2.28. The highest BCUT2D eigenvalue weighted by molar-refractivity contribution is 6.30. The molecule has 0 spiro atoms. The number of carbonyl (C=O) groups excluding carboxylic acids is 2. The Bertz CT molecular complexity index is 949. The van der Waals surface area contributed by atoms with E-state index in [-0.39, 0.29) is 41.0 Å². The smallest absolute Gasteiger partial charge is 0.321 e. The maximum absolute atomic E-state index is 14.3. The lowest BCUT2D eigenvalue weighted by Crippen LogP contribution is -2.50. The largest absolute Gasteiger partial charge is 0.354 e. The topological polar surface area (TPSA) is 100 Å². The molecule has 4 N–H and O–H groups in total. The van der Waals surface area contributed by atoms with E-state index >= 15 is 0 Å². The number of nitrogens with one attached hydrogen (secondary N) is 2. The van der Waals surface area contributed by atoms with Crippen LogP contribution in [0.15, 0.2) is 42.7 Å². The fourth-order valence-electron chi connectivity index (χ4n) is 3.89. The first-order valence-corrected chi connectivity index (χ1v) is 11.0. The zero-order valence-electron chi connectivity index (χ0n) is 18.3. The first kappa shape index (κ1) is 23.9. The lowest BCUT2D eigenvalue weighted by molar-refractivity contribution is -0.125. The number of hydrogen-bond donors (Lipinski definition) is 3. The van der Waals surface area contributed by atoms with Crippen molar-refractivity contribution in [3.8, 4) is 0 Å². The number of nitrogens with zero attached hydrogens (tertiary/aromatic N) is 2. The van der Waals surface area contributed by atoms with Crippen LogP contribution >= 0.6 is 11.6 Å². The van der Waals surface area contributed by atoms with Crippen molar-refractivity contribution in [1.82, 2.24) is 15.2 Å². The molecule has 2 heterocycles. The molecule has 0 aliphatic carbocycles. The van der Waals surface area contributed by atoms with Crippen molar-refractivity contribution in [2.24, 2.45) is 11.7 Å². The second-order valence-corrected chi connectivity index (χ2v) is 9.05. The number of anilines is 1. The Morgan fingerprint density at radius 3 is 2.53 bits per heavy atom. The van der Waals surface area contributed by atoms with Crippen LogP contribution in [0.2, 0.25) is 5.02 Å². The summed E-state index contributed by atoms with van der Waals surface area (Å²) in [4.78, 5) is 30.9. The quantitative estimate of drug-likeness (QED) is 0.612. The first-order valence-electron chi connectivity index (χ1n) is 10.6. The summed E-state index contributed by atoms with van der Waals surface area (Å²) in [6, 6.07) is 7.37. The maximum atomic E-state index is 14.3. The van der Waals surface area contributed by atoms with Gasteiger partial charge >= 0.3 is 6.03 Å². The third-order valence-corrected chi connectivity index (χ3v) is 6.27. The Labute approximate surface area is 192 Å². The molecule has 1 saturated heterocycles. The maximum Gasteiger partial charge on any atom is 0.321 e. The van der Waals surface area contributed by atoms with E-state index in [0.29, 0.717) is 18.8 Å². The van der Waals surface area contributed by atoms with Gasteiger partial charge < -0.3 is 21.3 Å². The van der Waals surface area contributed by atoms with Crippen molar-refractivity contribution in [1.29, 1.82) is 0 Å². The average molecular weight is 462 g/mol. The van der Waals surface area contributed by atoms with E-state index in [2.05, 4.69) is 15.6 Å². The van der Waals surface area contributed by atoms with Crippen LogP contribution in [0.5, 0.6) is 0 Å². The van der Waals surface area contributed by atoms with Crippen molar-refractivity contribution in [3.63, 3.8) is 0 Å².